The van der Waals surface area contributed by atoms with Gasteiger partial charge in [0.1, 0.15) is 11.9 Å². The number of rotatable bonds is 4. The first-order valence-corrected chi connectivity index (χ1v) is 8.20. The number of benzene rings is 1. The van der Waals surface area contributed by atoms with Gasteiger partial charge in [0.25, 0.3) is 0 Å². The zero-order valence-corrected chi connectivity index (χ0v) is 14.1. The van der Waals surface area contributed by atoms with Crippen molar-refractivity contribution in [2.24, 2.45) is 0 Å². The van der Waals surface area contributed by atoms with Crippen molar-refractivity contribution < 1.29 is 9.66 Å². The molecule has 126 valence electrons. The Morgan fingerprint density at radius 1 is 1.29 bits per heavy atom. The number of nitro groups is 1. The van der Waals surface area contributed by atoms with E-state index in [1.165, 1.54) is 0 Å². The van der Waals surface area contributed by atoms with Gasteiger partial charge in [-0.1, -0.05) is 23.7 Å². The molecule has 1 saturated heterocycles. The van der Waals surface area contributed by atoms with E-state index in [9.17, 15) is 10.1 Å². The minimum Gasteiger partial charge on any atom is -0.489 e. The standard InChI is InChI=1S/C17H18ClN3O3/c1-12-6-9-19-17(16(12)21(22)23)20-10-7-13(8-11-20)24-15-5-3-2-4-14(15)18/h2-6,9,13H,7-8,10-11H2,1H3. The summed E-state index contributed by atoms with van der Waals surface area (Å²) in [5.41, 5.74) is 0.711. The molecule has 7 heteroatoms. The van der Waals surface area contributed by atoms with Crippen LogP contribution < -0.4 is 9.64 Å². The van der Waals surface area contributed by atoms with Gasteiger partial charge >= 0.3 is 5.69 Å². The van der Waals surface area contributed by atoms with Crippen molar-refractivity contribution in [1.82, 2.24) is 4.98 Å². The molecule has 0 saturated carbocycles. The Balaban J connectivity index is 1.69. The van der Waals surface area contributed by atoms with Crippen molar-refractivity contribution in [3.05, 3.63) is 57.2 Å². The summed E-state index contributed by atoms with van der Waals surface area (Å²) in [6.07, 6.45) is 3.19. The molecule has 0 aliphatic carbocycles. The SMILES string of the molecule is Cc1ccnc(N2CCC(Oc3ccccc3Cl)CC2)c1[N+](=O)[O-]. The van der Waals surface area contributed by atoms with Crippen LogP contribution in [0.5, 0.6) is 5.75 Å². The highest BCUT2D eigenvalue weighted by atomic mass is 35.5. The molecule has 2 aromatic rings. The fraction of sp³-hybridized carbons (Fsp3) is 0.353. The summed E-state index contributed by atoms with van der Waals surface area (Å²) in [4.78, 5) is 17.2. The Kier molecular flexibility index (Phi) is 4.85. The maximum absolute atomic E-state index is 11.3. The van der Waals surface area contributed by atoms with Crippen molar-refractivity contribution in [3.63, 3.8) is 0 Å². The number of halogens is 1. The number of aromatic nitrogens is 1. The molecule has 3 rings (SSSR count). The maximum Gasteiger partial charge on any atom is 0.314 e. The smallest absolute Gasteiger partial charge is 0.314 e. The largest absolute Gasteiger partial charge is 0.489 e. The fourth-order valence-corrected chi connectivity index (χ4v) is 3.08. The van der Waals surface area contributed by atoms with Crippen LogP contribution in [0.4, 0.5) is 11.5 Å². The van der Waals surface area contributed by atoms with E-state index >= 15 is 0 Å². The van der Waals surface area contributed by atoms with E-state index in [1.54, 1.807) is 25.3 Å². The maximum atomic E-state index is 11.3. The van der Waals surface area contributed by atoms with E-state index in [0.29, 0.717) is 35.2 Å². The van der Waals surface area contributed by atoms with Crippen molar-refractivity contribution in [3.8, 4) is 5.75 Å². The summed E-state index contributed by atoms with van der Waals surface area (Å²) in [6, 6.07) is 9.05. The summed E-state index contributed by atoms with van der Waals surface area (Å²) in [7, 11) is 0. The van der Waals surface area contributed by atoms with Crippen LogP contribution in [0.1, 0.15) is 18.4 Å². The van der Waals surface area contributed by atoms with Gasteiger partial charge in [-0.25, -0.2) is 4.98 Å². The third kappa shape index (κ3) is 3.43. The Hall–Kier alpha value is -2.34. The Labute approximate surface area is 145 Å². The lowest BCUT2D eigenvalue weighted by molar-refractivity contribution is -0.384. The van der Waals surface area contributed by atoms with E-state index in [2.05, 4.69) is 4.98 Å². The molecule has 0 spiro atoms. The van der Waals surface area contributed by atoms with Gasteiger partial charge in [-0.3, -0.25) is 10.1 Å². The van der Waals surface area contributed by atoms with Crippen LogP contribution in [0.3, 0.4) is 0 Å². The van der Waals surface area contributed by atoms with Crippen LogP contribution in [0.15, 0.2) is 36.5 Å². The average molecular weight is 348 g/mol. The lowest BCUT2D eigenvalue weighted by Crippen LogP contribution is -2.39. The Bertz CT molecular complexity index is 746. The number of ether oxygens (including phenoxy) is 1. The number of piperidine rings is 1. The van der Waals surface area contributed by atoms with E-state index < -0.39 is 0 Å². The van der Waals surface area contributed by atoms with Crippen molar-refractivity contribution >= 4 is 23.1 Å². The highest BCUT2D eigenvalue weighted by Gasteiger charge is 2.28. The van der Waals surface area contributed by atoms with Gasteiger partial charge < -0.3 is 9.64 Å². The highest BCUT2D eigenvalue weighted by molar-refractivity contribution is 6.32. The number of hydrogen-bond acceptors (Lipinski definition) is 5. The number of anilines is 1. The molecule has 1 aromatic heterocycles. The number of para-hydroxylation sites is 1. The Morgan fingerprint density at radius 2 is 2.00 bits per heavy atom. The fourth-order valence-electron chi connectivity index (χ4n) is 2.90. The molecule has 1 fully saturated rings. The normalized spacial score (nSPS) is 15.3. The van der Waals surface area contributed by atoms with Gasteiger partial charge in [-0.05, 0) is 25.1 Å². The van der Waals surface area contributed by atoms with Gasteiger partial charge in [0.05, 0.1) is 9.95 Å². The minimum absolute atomic E-state index is 0.0463. The second kappa shape index (κ2) is 7.05. The van der Waals surface area contributed by atoms with Gasteiger partial charge in [0.2, 0.25) is 5.82 Å². The predicted octanol–water partition coefficient (Wildman–Crippen LogP) is 4.00. The topological polar surface area (TPSA) is 68.5 Å². The van der Waals surface area contributed by atoms with E-state index in [-0.39, 0.29) is 16.7 Å². The molecule has 0 bridgehead atoms. The van der Waals surface area contributed by atoms with Crippen LogP contribution in [-0.2, 0) is 0 Å². The van der Waals surface area contributed by atoms with Crippen molar-refractivity contribution in [2.75, 3.05) is 18.0 Å². The molecule has 0 radical (unpaired) electrons. The van der Waals surface area contributed by atoms with Gasteiger partial charge in [-0.2, -0.15) is 0 Å². The number of pyridine rings is 1. The summed E-state index contributed by atoms with van der Waals surface area (Å²) in [5, 5.41) is 11.9. The van der Waals surface area contributed by atoms with Crippen molar-refractivity contribution in [2.45, 2.75) is 25.9 Å². The quantitative estimate of drug-likeness (QED) is 0.617. The molecular weight excluding hydrogens is 330 g/mol. The lowest BCUT2D eigenvalue weighted by atomic mass is 10.1. The first kappa shape index (κ1) is 16.5. The van der Waals surface area contributed by atoms with Crippen LogP contribution in [-0.4, -0.2) is 29.1 Å². The highest BCUT2D eigenvalue weighted by Crippen LogP contribution is 2.32. The zero-order valence-electron chi connectivity index (χ0n) is 13.3. The van der Waals surface area contributed by atoms with Crippen LogP contribution in [0.25, 0.3) is 0 Å². The first-order valence-electron chi connectivity index (χ1n) is 7.82. The van der Waals surface area contributed by atoms with Gasteiger partial charge in [0.15, 0.2) is 0 Å². The molecule has 1 aliphatic heterocycles. The number of hydrogen-bond donors (Lipinski definition) is 0. The molecule has 0 atom stereocenters. The van der Waals surface area contributed by atoms with E-state index in [4.69, 9.17) is 16.3 Å². The molecule has 0 amide bonds. The molecule has 6 nitrogen and oxygen atoms in total. The van der Waals surface area contributed by atoms with Crippen LogP contribution >= 0.6 is 11.6 Å². The Morgan fingerprint density at radius 3 is 2.67 bits per heavy atom. The third-order valence-electron chi connectivity index (χ3n) is 4.16. The minimum atomic E-state index is -0.357. The van der Waals surface area contributed by atoms with Crippen LogP contribution in [0, 0.1) is 17.0 Å². The molecular formula is C17H18ClN3O3. The second-order valence-electron chi connectivity index (χ2n) is 5.79. The summed E-state index contributed by atoms with van der Waals surface area (Å²) in [6.45, 7) is 3.05. The first-order chi connectivity index (χ1) is 11.6. The predicted molar refractivity (Wildman–Crippen MR) is 92.9 cm³/mol. The number of aryl methyl sites for hydroxylation is 1. The van der Waals surface area contributed by atoms with E-state index in [0.717, 1.165) is 12.8 Å². The summed E-state index contributed by atoms with van der Waals surface area (Å²) in [5.74, 6) is 1.12. The molecule has 0 unspecified atom stereocenters. The van der Waals surface area contributed by atoms with Crippen LogP contribution in [0.2, 0.25) is 5.02 Å². The molecule has 2 heterocycles. The monoisotopic (exact) mass is 347 g/mol. The van der Waals surface area contributed by atoms with Gasteiger partial charge in [-0.15, -0.1) is 0 Å². The van der Waals surface area contributed by atoms with Crippen molar-refractivity contribution in [1.29, 1.82) is 0 Å². The van der Waals surface area contributed by atoms with E-state index in [1.807, 2.05) is 23.1 Å². The number of nitrogens with zero attached hydrogens (tertiary/aromatic N) is 3. The third-order valence-corrected chi connectivity index (χ3v) is 4.47. The second-order valence-corrected chi connectivity index (χ2v) is 6.20. The molecule has 1 aliphatic rings. The molecule has 0 N–H and O–H groups in total. The summed E-state index contributed by atoms with van der Waals surface area (Å²) < 4.78 is 5.96. The summed E-state index contributed by atoms with van der Waals surface area (Å²) >= 11 is 6.12. The molecule has 24 heavy (non-hydrogen) atoms. The molecule has 1 aromatic carbocycles. The zero-order chi connectivity index (χ0) is 17.1. The van der Waals surface area contributed by atoms with Gasteiger partial charge in [0, 0.05) is 37.7 Å². The lowest BCUT2D eigenvalue weighted by Gasteiger charge is -2.32. The average Bonchev–Trinajstić information content (AvgIpc) is 2.57.